The SMILES string of the molecule is COCC(=O)N1CCCN(C(=O)CSc2ccccc2)CC1. The lowest BCUT2D eigenvalue weighted by molar-refractivity contribution is -0.135. The number of ether oxygens (including phenoxy) is 1. The Bertz CT molecular complexity index is 495. The van der Waals surface area contributed by atoms with E-state index >= 15 is 0 Å². The van der Waals surface area contributed by atoms with Crippen molar-refractivity contribution in [3.8, 4) is 0 Å². The summed E-state index contributed by atoms with van der Waals surface area (Å²) in [6.45, 7) is 2.70. The summed E-state index contributed by atoms with van der Waals surface area (Å²) >= 11 is 1.55. The molecule has 0 aliphatic carbocycles. The molecular weight excluding hydrogens is 300 g/mol. The highest BCUT2D eigenvalue weighted by molar-refractivity contribution is 8.00. The smallest absolute Gasteiger partial charge is 0.248 e. The number of nitrogens with zero attached hydrogens (tertiary/aromatic N) is 2. The van der Waals surface area contributed by atoms with Crippen molar-refractivity contribution >= 4 is 23.6 Å². The Morgan fingerprint density at radius 3 is 2.32 bits per heavy atom. The van der Waals surface area contributed by atoms with Gasteiger partial charge < -0.3 is 14.5 Å². The molecule has 1 aliphatic rings. The first-order valence-electron chi connectivity index (χ1n) is 7.43. The zero-order valence-electron chi connectivity index (χ0n) is 12.9. The van der Waals surface area contributed by atoms with Gasteiger partial charge in [-0.3, -0.25) is 9.59 Å². The monoisotopic (exact) mass is 322 g/mol. The van der Waals surface area contributed by atoms with Gasteiger partial charge in [0.25, 0.3) is 0 Å². The Morgan fingerprint density at radius 1 is 1.05 bits per heavy atom. The summed E-state index contributed by atoms with van der Waals surface area (Å²) in [5.41, 5.74) is 0. The first-order chi connectivity index (χ1) is 10.7. The molecule has 120 valence electrons. The third-order valence-electron chi connectivity index (χ3n) is 3.57. The van der Waals surface area contributed by atoms with Crippen LogP contribution in [0.15, 0.2) is 35.2 Å². The molecule has 0 spiro atoms. The third kappa shape index (κ3) is 5.03. The fourth-order valence-electron chi connectivity index (χ4n) is 2.38. The molecule has 1 fully saturated rings. The number of rotatable bonds is 5. The van der Waals surface area contributed by atoms with E-state index in [1.54, 1.807) is 16.7 Å². The number of amides is 2. The molecule has 1 aromatic rings. The van der Waals surface area contributed by atoms with Crippen molar-refractivity contribution in [3.05, 3.63) is 30.3 Å². The van der Waals surface area contributed by atoms with Crippen molar-refractivity contribution in [1.82, 2.24) is 9.80 Å². The van der Waals surface area contributed by atoms with Crippen LogP contribution in [-0.2, 0) is 14.3 Å². The van der Waals surface area contributed by atoms with E-state index in [1.807, 2.05) is 35.2 Å². The van der Waals surface area contributed by atoms with E-state index in [9.17, 15) is 9.59 Å². The van der Waals surface area contributed by atoms with Crippen molar-refractivity contribution in [2.24, 2.45) is 0 Å². The fourth-order valence-corrected chi connectivity index (χ4v) is 3.21. The number of benzene rings is 1. The molecule has 0 saturated carbocycles. The van der Waals surface area contributed by atoms with Crippen LogP contribution in [-0.4, -0.2) is 67.3 Å². The molecule has 2 rings (SSSR count). The van der Waals surface area contributed by atoms with Crippen LogP contribution in [0.1, 0.15) is 6.42 Å². The molecule has 0 N–H and O–H groups in total. The Morgan fingerprint density at radius 2 is 1.68 bits per heavy atom. The molecule has 6 heteroatoms. The predicted molar refractivity (Wildman–Crippen MR) is 86.8 cm³/mol. The minimum Gasteiger partial charge on any atom is -0.375 e. The second-order valence-corrected chi connectivity index (χ2v) is 6.20. The van der Waals surface area contributed by atoms with Crippen molar-refractivity contribution in [3.63, 3.8) is 0 Å². The lowest BCUT2D eigenvalue weighted by atomic mass is 10.4. The van der Waals surface area contributed by atoms with Crippen LogP contribution in [0.25, 0.3) is 0 Å². The maximum Gasteiger partial charge on any atom is 0.248 e. The minimum atomic E-state index is -0.00420. The van der Waals surface area contributed by atoms with E-state index in [-0.39, 0.29) is 18.4 Å². The first-order valence-corrected chi connectivity index (χ1v) is 8.41. The van der Waals surface area contributed by atoms with E-state index in [0.717, 1.165) is 11.3 Å². The maximum atomic E-state index is 12.3. The normalized spacial score (nSPS) is 15.5. The van der Waals surface area contributed by atoms with Gasteiger partial charge in [0.2, 0.25) is 11.8 Å². The van der Waals surface area contributed by atoms with Gasteiger partial charge in [-0.05, 0) is 18.6 Å². The summed E-state index contributed by atoms with van der Waals surface area (Å²) < 4.78 is 4.88. The molecular formula is C16H22N2O3S. The van der Waals surface area contributed by atoms with Crippen LogP contribution in [0.4, 0.5) is 0 Å². The lowest BCUT2D eigenvalue weighted by Crippen LogP contribution is -2.39. The third-order valence-corrected chi connectivity index (χ3v) is 4.57. The number of hydrogen-bond acceptors (Lipinski definition) is 4. The number of carbonyl (C=O) groups excluding carboxylic acids is 2. The summed E-state index contributed by atoms with van der Waals surface area (Å²) in [5.74, 6) is 0.570. The predicted octanol–water partition coefficient (Wildman–Crippen LogP) is 1.49. The van der Waals surface area contributed by atoms with E-state index in [2.05, 4.69) is 0 Å². The maximum absolute atomic E-state index is 12.3. The van der Waals surface area contributed by atoms with Crippen LogP contribution in [0.5, 0.6) is 0 Å². The molecule has 1 heterocycles. The molecule has 22 heavy (non-hydrogen) atoms. The summed E-state index contributed by atoms with van der Waals surface area (Å²) in [7, 11) is 1.52. The van der Waals surface area contributed by atoms with Crippen molar-refractivity contribution in [2.45, 2.75) is 11.3 Å². The molecule has 0 radical (unpaired) electrons. The molecule has 1 aliphatic heterocycles. The van der Waals surface area contributed by atoms with Gasteiger partial charge in [-0.25, -0.2) is 0 Å². The molecule has 2 amide bonds. The van der Waals surface area contributed by atoms with Crippen molar-refractivity contribution < 1.29 is 14.3 Å². The molecule has 1 saturated heterocycles. The van der Waals surface area contributed by atoms with Crippen LogP contribution in [0.3, 0.4) is 0 Å². The molecule has 0 unspecified atom stereocenters. The van der Waals surface area contributed by atoms with Crippen LogP contribution in [0.2, 0.25) is 0 Å². The molecule has 0 atom stereocenters. The summed E-state index contributed by atoms with van der Waals surface area (Å²) in [6.07, 6.45) is 0.817. The van der Waals surface area contributed by atoms with E-state index in [4.69, 9.17) is 4.74 Å². The quantitative estimate of drug-likeness (QED) is 0.771. The van der Waals surface area contributed by atoms with E-state index < -0.39 is 0 Å². The fraction of sp³-hybridized carbons (Fsp3) is 0.500. The molecule has 0 aromatic heterocycles. The van der Waals surface area contributed by atoms with Gasteiger partial charge >= 0.3 is 0 Å². The lowest BCUT2D eigenvalue weighted by Gasteiger charge is -2.22. The van der Waals surface area contributed by atoms with Crippen molar-refractivity contribution in [1.29, 1.82) is 0 Å². The van der Waals surface area contributed by atoms with Gasteiger partial charge in [-0.2, -0.15) is 0 Å². The second kappa shape index (κ2) is 8.80. The van der Waals surface area contributed by atoms with Crippen LogP contribution in [0, 0.1) is 0 Å². The van der Waals surface area contributed by atoms with Gasteiger partial charge in [0.1, 0.15) is 6.61 Å². The van der Waals surface area contributed by atoms with E-state index in [1.165, 1.54) is 7.11 Å². The summed E-state index contributed by atoms with van der Waals surface area (Å²) in [6, 6.07) is 9.92. The second-order valence-electron chi connectivity index (χ2n) is 5.15. The molecule has 0 bridgehead atoms. The van der Waals surface area contributed by atoms with Gasteiger partial charge in [0.05, 0.1) is 5.75 Å². The Balaban J connectivity index is 1.80. The highest BCUT2D eigenvalue weighted by Crippen LogP contribution is 2.17. The van der Waals surface area contributed by atoms with Gasteiger partial charge in [-0.1, -0.05) is 18.2 Å². The summed E-state index contributed by atoms with van der Waals surface area (Å²) in [5, 5.41) is 0. The van der Waals surface area contributed by atoms with Crippen LogP contribution < -0.4 is 0 Å². The number of hydrogen-bond donors (Lipinski definition) is 0. The molecule has 5 nitrogen and oxygen atoms in total. The highest BCUT2D eigenvalue weighted by atomic mass is 32.2. The standard InChI is InChI=1S/C16H22N2O3S/c1-21-12-15(19)17-8-5-9-18(11-10-17)16(20)13-22-14-6-3-2-4-7-14/h2-4,6-7H,5,8-13H2,1H3. The van der Waals surface area contributed by atoms with Gasteiger partial charge in [-0.15, -0.1) is 11.8 Å². The average Bonchev–Trinajstić information content (AvgIpc) is 2.80. The minimum absolute atomic E-state index is 0.00420. The molecule has 1 aromatic carbocycles. The zero-order chi connectivity index (χ0) is 15.8. The first kappa shape index (κ1) is 16.8. The average molecular weight is 322 g/mol. The Hall–Kier alpha value is -1.53. The van der Waals surface area contributed by atoms with Crippen LogP contribution >= 0.6 is 11.8 Å². The van der Waals surface area contributed by atoms with Gasteiger partial charge in [0.15, 0.2) is 0 Å². The zero-order valence-corrected chi connectivity index (χ0v) is 13.7. The Labute approximate surface area is 135 Å². The largest absolute Gasteiger partial charge is 0.375 e. The number of thioether (sulfide) groups is 1. The van der Waals surface area contributed by atoms with Gasteiger partial charge in [0, 0.05) is 38.2 Å². The number of methoxy groups -OCH3 is 1. The number of carbonyl (C=O) groups is 2. The highest BCUT2D eigenvalue weighted by Gasteiger charge is 2.21. The topological polar surface area (TPSA) is 49.9 Å². The van der Waals surface area contributed by atoms with Crippen molar-refractivity contribution in [2.75, 3.05) is 45.6 Å². The Kier molecular flexibility index (Phi) is 6.74. The van der Waals surface area contributed by atoms with E-state index in [0.29, 0.717) is 31.9 Å². The summed E-state index contributed by atoms with van der Waals surface area (Å²) in [4.78, 5) is 28.9.